The van der Waals surface area contributed by atoms with E-state index in [-0.39, 0.29) is 0 Å². The van der Waals surface area contributed by atoms with Crippen LogP contribution in [0.5, 0.6) is 0 Å². The summed E-state index contributed by atoms with van der Waals surface area (Å²) >= 11 is 0. The summed E-state index contributed by atoms with van der Waals surface area (Å²) in [5.41, 5.74) is 2.82. The Morgan fingerprint density at radius 1 is 0.941 bits per heavy atom. The smallest absolute Gasteiger partial charge is 0.329 e. The molecule has 1 heterocycles. The molecule has 0 fully saturated rings. The Morgan fingerprint density at radius 3 is 2.29 bits per heavy atom. The second kappa shape index (κ2) is 3.63. The van der Waals surface area contributed by atoms with Crippen LogP contribution >= 0.6 is 0 Å². The highest BCUT2D eigenvalue weighted by Gasteiger charge is 2.23. The largest absolute Gasteiger partial charge is 0.349 e. The third-order valence-corrected chi connectivity index (χ3v) is 3.02. The van der Waals surface area contributed by atoms with Gasteiger partial charge in [0.2, 0.25) is 5.52 Å². The van der Waals surface area contributed by atoms with Crippen LogP contribution < -0.4 is 4.57 Å². The molecule has 0 saturated carbocycles. The third kappa shape index (κ3) is 1.40. The Bertz CT molecular complexity index is 632. The monoisotopic (exact) mass is 225 g/mol. The summed E-state index contributed by atoms with van der Waals surface area (Å²) in [7, 11) is 1.96. The fourth-order valence-electron chi connectivity index (χ4n) is 2.20. The maximum absolute atomic E-state index is 10.2. The molecular weight excluding hydrogens is 212 g/mol. The number of aryl methyl sites for hydroxylation is 1. The van der Waals surface area contributed by atoms with E-state index in [1.165, 1.54) is 4.73 Å². The van der Waals surface area contributed by atoms with Gasteiger partial charge in [0, 0.05) is 0 Å². The van der Waals surface area contributed by atoms with Gasteiger partial charge in [0.15, 0.2) is 5.52 Å². The van der Waals surface area contributed by atoms with Gasteiger partial charge in [-0.15, -0.1) is 0 Å². The molecule has 3 rings (SSSR count). The number of fused-ring (bicyclic) bond motifs is 1. The molecule has 0 unspecified atom stereocenters. The van der Waals surface area contributed by atoms with E-state index >= 15 is 0 Å². The van der Waals surface area contributed by atoms with Crippen LogP contribution in [0.1, 0.15) is 0 Å². The van der Waals surface area contributed by atoms with Crippen LogP contribution in [0.4, 0.5) is 0 Å². The zero-order chi connectivity index (χ0) is 11.8. The molecule has 0 bridgehead atoms. The van der Waals surface area contributed by atoms with E-state index in [9.17, 15) is 5.21 Å². The Balaban J connectivity index is 2.38. The van der Waals surface area contributed by atoms with Crippen LogP contribution in [-0.4, -0.2) is 9.94 Å². The van der Waals surface area contributed by atoms with Crippen LogP contribution in [0.2, 0.25) is 0 Å². The standard InChI is InChI=1S/C14H13N2O/c1-15-12-9-5-6-10-13(12)16(17)14(15)11-7-3-2-4-8-11/h2-10,17H,1H3/q+1. The van der Waals surface area contributed by atoms with Gasteiger partial charge in [-0.05, 0) is 29.0 Å². The Labute approximate surface area is 99.1 Å². The Morgan fingerprint density at radius 2 is 1.59 bits per heavy atom. The van der Waals surface area contributed by atoms with Gasteiger partial charge in [0.25, 0.3) is 0 Å². The molecule has 0 radical (unpaired) electrons. The highest BCUT2D eigenvalue weighted by Crippen LogP contribution is 2.20. The molecule has 0 saturated heterocycles. The van der Waals surface area contributed by atoms with Gasteiger partial charge in [-0.1, -0.05) is 30.3 Å². The lowest BCUT2D eigenvalue weighted by atomic mass is 10.2. The van der Waals surface area contributed by atoms with E-state index in [0.717, 1.165) is 22.4 Å². The highest BCUT2D eigenvalue weighted by atomic mass is 16.5. The normalized spacial score (nSPS) is 10.9. The molecule has 2 aromatic carbocycles. The predicted octanol–water partition coefficient (Wildman–Crippen LogP) is 2.37. The summed E-state index contributed by atoms with van der Waals surface area (Å²) in [6.07, 6.45) is 0. The first-order valence-corrected chi connectivity index (χ1v) is 5.53. The van der Waals surface area contributed by atoms with Crippen molar-refractivity contribution in [3.63, 3.8) is 0 Å². The van der Waals surface area contributed by atoms with Crippen LogP contribution in [0.25, 0.3) is 22.4 Å². The molecule has 1 N–H and O–H groups in total. The highest BCUT2D eigenvalue weighted by molar-refractivity contribution is 5.75. The minimum atomic E-state index is 0.784. The SMILES string of the molecule is C[n+]1c(-c2ccccc2)n(O)c2ccccc21. The molecule has 3 heteroatoms. The van der Waals surface area contributed by atoms with Gasteiger partial charge < -0.3 is 5.21 Å². The number of para-hydroxylation sites is 2. The van der Waals surface area contributed by atoms with E-state index in [0.29, 0.717) is 0 Å². The van der Waals surface area contributed by atoms with Crippen molar-refractivity contribution < 1.29 is 9.77 Å². The van der Waals surface area contributed by atoms with Crippen molar-refractivity contribution in [1.29, 1.82) is 0 Å². The van der Waals surface area contributed by atoms with E-state index in [2.05, 4.69) is 0 Å². The van der Waals surface area contributed by atoms with Crippen molar-refractivity contribution in [2.75, 3.05) is 0 Å². The lowest BCUT2D eigenvalue weighted by Gasteiger charge is -1.96. The summed E-state index contributed by atoms with van der Waals surface area (Å²) in [6, 6.07) is 17.7. The number of hydrogen-bond donors (Lipinski definition) is 1. The zero-order valence-electron chi connectivity index (χ0n) is 9.54. The predicted molar refractivity (Wildman–Crippen MR) is 65.7 cm³/mol. The summed E-state index contributed by atoms with van der Waals surface area (Å²) in [6.45, 7) is 0. The number of aromatic nitrogens is 2. The first kappa shape index (κ1) is 9.90. The Kier molecular flexibility index (Phi) is 2.11. The molecule has 3 nitrogen and oxygen atoms in total. The summed E-state index contributed by atoms with van der Waals surface area (Å²) in [5, 5.41) is 10.2. The van der Waals surface area contributed by atoms with Gasteiger partial charge in [-0.3, -0.25) is 0 Å². The number of imidazole rings is 1. The van der Waals surface area contributed by atoms with E-state index < -0.39 is 0 Å². The van der Waals surface area contributed by atoms with Crippen molar-refractivity contribution in [2.45, 2.75) is 0 Å². The molecule has 0 aliphatic heterocycles. The lowest BCUT2D eigenvalue weighted by Crippen LogP contribution is -2.30. The maximum Gasteiger partial charge on any atom is 0.329 e. The molecule has 3 aromatic rings. The van der Waals surface area contributed by atoms with Gasteiger partial charge in [-0.25, -0.2) is 4.57 Å². The second-order valence-electron chi connectivity index (χ2n) is 4.05. The molecule has 84 valence electrons. The fraction of sp³-hybridized carbons (Fsp3) is 0.0714. The van der Waals surface area contributed by atoms with E-state index in [4.69, 9.17) is 0 Å². The number of nitrogens with zero attached hydrogens (tertiary/aromatic N) is 2. The molecule has 0 atom stereocenters. The summed E-state index contributed by atoms with van der Waals surface area (Å²) < 4.78 is 3.23. The molecule has 17 heavy (non-hydrogen) atoms. The van der Waals surface area contributed by atoms with Crippen molar-refractivity contribution in [3.05, 3.63) is 54.6 Å². The number of hydrogen-bond acceptors (Lipinski definition) is 1. The first-order chi connectivity index (χ1) is 8.29. The quantitative estimate of drug-likeness (QED) is 0.500. The minimum Gasteiger partial charge on any atom is -0.349 e. The van der Waals surface area contributed by atoms with Crippen LogP contribution in [-0.2, 0) is 7.05 Å². The lowest BCUT2D eigenvalue weighted by molar-refractivity contribution is -0.635. The molecular formula is C14H13N2O+. The fourth-order valence-corrected chi connectivity index (χ4v) is 2.20. The second-order valence-corrected chi connectivity index (χ2v) is 4.05. The van der Waals surface area contributed by atoms with Crippen molar-refractivity contribution in [2.24, 2.45) is 7.05 Å². The van der Waals surface area contributed by atoms with Gasteiger partial charge in [-0.2, -0.15) is 0 Å². The Hall–Kier alpha value is -2.29. The molecule has 0 aliphatic rings. The zero-order valence-corrected chi connectivity index (χ0v) is 9.54. The topological polar surface area (TPSA) is 29.0 Å². The van der Waals surface area contributed by atoms with Crippen LogP contribution in [0, 0.1) is 0 Å². The van der Waals surface area contributed by atoms with E-state index in [1.54, 1.807) is 0 Å². The summed E-state index contributed by atoms with van der Waals surface area (Å²) in [5.74, 6) is 0.784. The number of benzene rings is 2. The average molecular weight is 225 g/mol. The molecule has 1 aromatic heterocycles. The van der Waals surface area contributed by atoms with Gasteiger partial charge in [0.1, 0.15) is 0 Å². The third-order valence-electron chi connectivity index (χ3n) is 3.02. The first-order valence-electron chi connectivity index (χ1n) is 5.53. The van der Waals surface area contributed by atoms with E-state index in [1.807, 2.05) is 66.2 Å². The molecule has 0 spiro atoms. The van der Waals surface area contributed by atoms with Crippen molar-refractivity contribution in [3.8, 4) is 11.4 Å². The number of rotatable bonds is 1. The van der Waals surface area contributed by atoms with Crippen LogP contribution in [0.3, 0.4) is 0 Å². The van der Waals surface area contributed by atoms with Gasteiger partial charge in [0.05, 0.1) is 12.6 Å². The summed E-state index contributed by atoms with van der Waals surface area (Å²) in [4.78, 5) is 0. The van der Waals surface area contributed by atoms with Gasteiger partial charge >= 0.3 is 5.82 Å². The van der Waals surface area contributed by atoms with Crippen LogP contribution in [0.15, 0.2) is 54.6 Å². The molecule has 0 aliphatic carbocycles. The minimum absolute atomic E-state index is 0.784. The van der Waals surface area contributed by atoms with Crippen molar-refractivity contribution >= 4 is 11.0 Å². The van der Waals surface area contributed by atoms with Crippen molar-refractivity contribution in [1.82, 2.24) is 4.73 Å². The molecule has 0 amide bonds. The average Bonchev–Trinajstić information content (AvgIpc) is 2.64. The maximum atomic E-state index is 10.2.